The highest BCUT2D eigenvalue weighted by Gasteiger charge is 2.61. The molecule has 1 unspecified atom stereocenters. The molecule has 0 aliphatic heterocycles. The van der Waals surface area contributed by atoms with Gasteiger partial charge in [0, 0.05) is 7.05 Å². The van der Waals surface area contributed by atoms with Gasteiger partial charge >= 0.3 is 0 Å². The van der Waals surface area contributed by atoms with Crippen LogP contribution in [0.1, 0.15) is 91.9 Å². The van der Waals surface area contributed by atoms with Gasteiger partial charge in [-0.25, -0.2) is 0 Å². The van der Waals surface area contributed by atoms with Crippen molar-refractivity contribution >= 4 is 5.69 Å². The van der Waals surface area contributed by atoms with Crippen molar-refractivity contribution in [3.63, 3.8) is 0 Å². The van der Waals surface area contributed by atoms with Crippen LogP contribution in [-0.4, -0.2) is 29.4 Å². The van der Waals surface area contributed by atoms with E-state index in [0.29, 0.717) is 22.5 Å². The fourth-order valence-corrected chi connectivity index (χ4v) is 10.2. The summed E-state index contributed by atoms with van der Waals surface area (Å²) in [4.78, 5) is 2.18. The molecule has 4 aliphatic carbocycles. The first-order valence-corrected chi connectivity index (χ1v) is 14.4. The second kappa shape index (κ2) is 9.02. The zero-order chi connectivity index (χ0) is 24.3. The summed E-state index contributed by atoms with van der Waals surface area (Å²) in [5, 5.41) is 21.8. The van der Waals surface area contributed by atoms with E-state index in [1.807, 2.05) is 18.2 Å². The normalized spacial score (nSPS) is 44.6. The lowest BCUT2D eigenvalue weighted by molar-refractivity contribution is -0.134. The highest BCUT2D eigenvalue weighted by atomic mass is 16.3. The molecule has 0 heterocycles. The van der Waals surface area contributed by atoms with Gasteiger partial charge in [-0.3, -0.25) is 0 Å². The molecule has 3 nitrogen and oxygen atoms in total. The number of anilines is 1. The van der Waals surface area contributed by atoms with Crippen molar-refractivity contribution in [1.82, 2.24) is 0 Å². The van der Waals surface area contributed by atoms with E-state index >= 15 is 0 Å². The van der Waals surface area contributed by atoms with Crippen LogP contribution < -0.4 is 4.90 Å². The fourth-order valence-electron chi connectivity index (χ4n) is 10.2. The molecule has 34 heavy (non-hydrogen) atoms. The SMILES string of the molecule is CCC[C@@H](C)[C@H]1CC[C@H]2[C@@H]3CCC4C[C@H](O)[C@H](N(C)c5ccccc5O)C[C@]4(C)[C@H]3CC[C@]12C. The van der Waals surface area contributed by atoms with Gasteiger partial charge in [0.1, 0.15) is 5.75 Å². The number of phenols is 1. The summed E-state index contributed by atoms with van der Waals surface area (Å²) in [6, 6.07) is 7.69. The van der Waals surface area contributed by atoms with E-state index < -0.39 is 0 Å². The van der Waals surface area contributed by atoms with Crippen LogP contribution in [0, 0.1) is 46.3 Å². The number of aromatic hydroxyl groups is 1. The van der Waals surface area contributed by atoms with Crippen LogP contribution in [-0.2, 0) is 0 Å². The van der Waals surface area contributed by atoms with Crippen LogP contribution in [0.2, 0.25) is 0 Å². The predicted octanol–water partition coefficient (Wildman–Crippen LogP) is 7.26. The van der Waals surface area contributed by atoms with E-state index in [0.717, 1.165) is 48.1 Å². The van der Waals surface area contributed by atoms with Gasteiger partial charge in [-0.15, -0.1) is 0 Å². The minimum absolute atomic E-state index is 0.0718. The van der Waals surface area contributed by atoms with Crippen molar-refractivity contribution in [2.75, 3.05) is 11.9 Å². The summed E-state index contributed by atoms with van der Waals surface area (Å²) in [5.41, 5.74) is 1.68. The highest BCUT2D eigenvalue weighted by molar-refractivity contribution is 5.58. The zero-order valence-corrected chi connectivity index (χ0v) is 22.3. The molecule has 0 aromatic heterocycles. The standard InChI is InChI=1S/C31H49NO2/c1-6-9-20(2)23-14-15-24-22-13-12-21-18-29(34)27(32(5)26-10-7-8-11-28(26)33)19-31(21,4)25(22)16-17-30(23,24)3/h7-8,10-11,20-25,27,29,33-34H,6,9,12-19H2,1-5H3/t20-,21?,22+,23-,24+,25+,27-,29+,30-,31+/m1/s1. The molecule has 4 fully saturated rings. The van der Waals surface area contributed by atoms with E-state index in [4.69, 9.17) is 0 Å². The molecule has 0 amide bonds. The first kappa shape index (κ1) is 24.5. The number of benzene rings is 1. The second-order valence-corrected chi connectivity index (χ2v) is 13.3. The van der Waals surface area contributed by atoms with Crippen molar-refractivity contribution < 1.29 is 10.2 Å². The van der Waals surface area contributed by atoms with Crippen LogP contribution in [0.3, 0.4) is 0 Å². The topological polar surface area (TPSA) is 43.7 Å². The number of para-hydroxylation sites is 2. The molecular formula is C31H49NO2. The molecule has 0 spiro atoms. The molecule has 0 bridgehead atoms. The molecule has 10 atom stereocenters. The summed E-state index contributed by atoms with van der Waals surface area (Å²) >= 11 is 0. The number of aliphatic hydroxyl groups is 1. The minimum Gasteiger partial charge on any atom is -0.506 e. The number of aliphatic hydroxyl groups excluding tert-OH is 1. The Bertz CT molecular complexity index is 871. The Morgan fingerprint density at radius 1 is 1.03 bits per heavy atom. The largest absolute Gasteiger partial charge is 0.506 e. The van der Waals surface area contributed by atoms with Gasteiger partial charge in [0.2, 0.25) is 0 Å². The average Bonchev–Trinajstić information content (AvgIpc) is 3.16. The molecular weight excluding hydrogens is 418 g/mol. The van der Waals surface area contributed by atoms with Crippen LogP contribution in [0.25, 0.3) is 0 Å². The number of nitrogens with zero attached hydrogens (tertiary/aromatic N) is 1. The average molecular weight is 468 g/mol. The molecule has 0 radical (unpaired) electrons. The molecule has 1 aromatic rings. The summed E-state index contributed by atoms with van der Waals surface area (Å²) in [5.74, 6) is 5.29. The van der Waals surface area contributed by atoms with Gasteiger partial charge in [-0.05, 0) is 110 Å². The Labute approximate surface area is 208 Å². The smallest absolute Gasteiger partial charge is 0.138 e. The second-order valence-electron chi connectivity index (χ2n) is 13.3. The quantitative estimate of drug-likeness (QED) is 0.479. The number of fused-ring (bicyclic) bond motifs is 5. The van der Waals surface area contributed by atoms with E-state index in [1.54, 1.807) is 6.07 Å². The maximum atomic E-state index is 11.3. The summed E-state index contributed by atoms with van der Waals surface area (Å²) in [6.45, 7) is 10.1. The molecule has 4 saturated carbocycles. The van der Waals surface area contributed by atoms with E-state index in [9.17, 15) is 10.2 Å². The maximum Gasteiger partial charge on any atom is 0.138 e. The van der Waals surface area contributed by atoms with E-state index in [-0.39, 0.29) is 12.1 Å². The van der Waals surface area contributed by atoms with Gasteiger partial charge in [0.05, 0.1) is 17.8 Å². The maximum absolute atomic E-state index is 11.3. The van der Waals surface area contributed by atoms with Crippen molar-refractivity contribution in [1.29, 1.82) is 0 Å². The number of likely N-dealkylation sites (N-methyl/N-ethyl adjacent to an activating group) is 1. The number of phenolic OH excluding ortho intramolecular Hbond substituents is 1. The van der Waals surface area contributed by atoms with Crippen LogP contribution in [0.4, 0.5) is 5.69 Å². The summed E-state index contributed by atoms with van der Waals surface area (Å²) in [6.07, 6.45) is 12.7. The molecule has 5 rings (SSSR count). The Balaban J connectivity index is 1.39. The summed E-state index contributed by atoms with van der Waals surface area (Å²) < 4.78 is 0. The molecule has 4 aliphatic rings. The van der Waals surface area contributed by atoms with E-state index in [1.165, 1.54) is 51.4 Å². The first-order valence-electron chi connectivity index (χ1n) is 14.4. The Morgan fingerprint density at radius 3 is 2.50 bits per heavy atom. The van der Waals surface area contributed by atoms with Gasteiger partial charge in [0.25, 0.3) is 0 Å². The van der Waals surface area contributed by atoms with Crippen LogP contribution in [0.15, 0.2) is 24.3 Å². The molecule has 1 aromatic carbocycles. The number of rotatable bonds is 5. The summed E-state index contributed by atoms with van der Waals surface area (Å²) in [7, 11) is 2.07. The zero-order valence-electron chi connectivity index (χ0n) is 22.3. The molecule has 2 N–H and O–H groups in total. The van der Waals surface area contributed by atoms with Gasteiger partial charge in [0.15, 0.2) is 0 Å². The van der Waals surface area contributed by atoms with Gasteiger partial charge < -0.3 is 15.1 Å². The van der Waals surface area contributed by atoms with Crippen LogP contribution >= 0.6 is 0 Å². The molecule has 0 saturated heterocycles. The molecule has 190 valence electrons. The third-order valence-electron chi connectivity index (χ3n) is 11.9. The Hall–Kier alpha value is -1.22. The van der Waals surface area contributed by atoms with Crippen molar-refractivity contribution in [2.45, 2.75) is 104 Å². The Kier molecular flexibility index (Phi) is 6.49. The fraction of sp³-hybridized carbons (Fsp3) is 0.806. The van der Waals surface area contributed by atoms with Crippen molar-refractivity contribution in [3.05, 3.63) is 24.3 Å². The monoisotopic (exact) mass is 467 g/mol. The van der Waals surface area contributed by atoms with Crippen LogP contribution in [0.5, 0.6) is 5.75 Å². The third kappa shape index (κ3) is 3.71. The Morgan fingerprint density at radius 2 is 1.76 bits per heavy atom. The number of hydrogen-bond donors (Lipinski definition) is 2. The van der Waals surface area contributed by atoms with Crippen molar-refractivity contribution in [3.8, 4) is 5.75 Å². The number of hydrogen-bond acceptors (Lipinski definition) is 3. The minimum atomic E-state index is -0.321. The van der Waals surface area contributed by atoms with E-state index in [2.05, 4.69) is 39.6 Å². The first-order chi connectivity index (χ1) is 16.2. The van der Waals surface area contributed by atoms with Gasteiger partial charge in [-0.1, -0.05) is 52.7 Å². The van der Waals surface area contributed by atoms with Crippen molar-refractivity contribution in [2.24, 2.45) is 46.3 Å². The lowest BCUT2D eigenvalue weighted by Crippen LogP contribution is -2.59. The highest BCUT2D eigenvalue weighted by Crippen LogP contribution is 2.68. The molecule has 3 heteroatoms. The van der Waals surface area contributed by atoms with Gasteiger partial charge in [-0.2, -0.15) is 0 Å². The predicted molar refractivity (Wildman–Crippen MR) is 141 cm³/mol. The third-order valence-corrected chi connectivity index (χ3v) is 11.9. The lowest BCUT2D eigenvalue weighted by Gasteiger charge is -2.62. The lowest BCUT2D eigenvalue weighted by atomic mass is 9.44.